The standard InChI is InChI=1S/C15H20N2O3S/c1-10(9-21(3)19)17-15(18)6-11-8-16-14-5-4-12(20-2)7-13(11)14/h4-5,7-8,10,16H,6,9H2,1-3H3,(H,17,18). The molecule has 0 fully saturated rings. The van der Waals surface area contributed by atoms with E-state index in [0.29, 0.717) is 5.75 Å². The molecule has 0 saturated carbocycles. The minimum absolute atomic E-state index is 0.0725. The summed E-state index contributed by atoms with van der Waals surface area (Å²) >= 11 is 0. The SMILES string of the molecule is COc1ccc2[nH]cc(CC(=O)NC(C)CS(C)=O)c2c1. The first kappa shape index (κ1) is 15.6. The van der Waals surface area contributed by atoms with Crippen molar-refractivity contribution in [1.29, 1.82) is 0 Å². The van der Waals surface area contributed by atoms with Crippen molar-refractivity contribution in [2.24, 2.45) is 0 Å². The molecular formula is C15H20N2O3S. The molecule has 6 heteroatoms. The maximum absolute atomic E-state index is 12.0. The van der Waals surface area contributed by atoms with E-state index in [2.05, 4.69) is 10.3 Å². The van der Waals surface area contributed by atoms with E-state index in [9.17, 15) is 9.00 Å². The number of benzene rings is 1. The summed E-state index contributed by atoms with van der Waals surface area (Å²) in [5.74, 6) is 1.16. The molecule has 21 heavy (non-hydrogen) atoms. The lowest BCUT2D eigenvalue weighted by Crippen LogP contribution is -2.37. The molecule has 2 rings (SSSR count). The minimum atomic E-state index is -0.915. The number of aromatic amines is 1. The van der Waals surface area contributed by atoms with Gasteiger partial charge >= 0.3 is 0 Å². The van der Waals surface area contributed by atoms with Gasteiger partial charge in [0.2, 0.25) is 5.91 Å². The van der Waals surface area contributed by atoms with Gasteiger partial charge < -0.3 is 15.0 Å². The zero-order valence-corrected chi connectivity index (χ0v) is 13.3. The lowest BCUT2D eigenvalue weighted by Gasteiger charge is -2.12. The summed E-state index contributed by atoms with van der Waals surface area (Å²) in [6.07, 6.45) is 3.76. The molecule has 1 amide bonds. The summed E-state index contributed by atoms with van der Waals surface area (Å²) in [5.41, 5.74) is 1.90. The van der Waals surface area contributed by atoms with Crippen LogP contribution in [0.4, 0.5) is 0 Å². The van der Waals surface area contributed by atoms with Crippen LogP contribution in [0.25, 0.3) is 10.9 Å². The van der Waals surface area contributed by atoms with Crippen molar-refractivity contribution in [2.75, 3.05) is 19.1 Å². The molecule has 0 radical (unpaired) electrons. The number of H-pyrrole nitrogens is 1. The highest BCUT2D eigenvalue weighted by molar-refractivity contribution is 7.84. The van der Waals surface area contributed by atoms with E-state index in [1.807, 2.05) is 31.3 Å². The van der Waals surface area contributed by atoms with Gasteiger partial charge in [-0.2, -0.15) is 0 Å². The van der Waals surface area contributed by atoms with Gasteiger partial charge in [0.15, 0.2) is 0 Å². The molecule has 2 aromatic rings. The normalized spacial score (nSPS) is 13.9. The van der Waals surface area contributed by atoms with E-state index in [1.165, 1.54) is 0 Å². The first-order valence-corrected chi connectivity index (χ1v) is 8.45. The average Bonchev–Trinajstić information content (AvgIpc) is 2.79. The van der Waals surface area contributed by atoms with Crippen molar-refractivity contribution in [3.63, 3.8) is 0 Å². The van der Waals surface area contributed by atoms with Crippen LogP contribution in [0.2, 0.25) is 0 Å². The van der Waals surface area contributed by atoms with Gasteiger partial charge in [-0.1, -0.05) is 0 Å². The van der Waals surface area contributed by atoms with E-state index >= 15 is 0 Å². The number of amides is 1. The zero-order chi connectivity index (χ0) is 15.4. The van der Waals surface area contributed by atoms with E-state index in [1.54, 1.807) is 13.4 Å². The zero-order valence-electron chi connectivity index (χ0n) is 12.4. The Bertz CT molecular complexity index is 666. The summed E-state index contributed by atoms with van der Waals surface area (Å²) in [6.45, 7) is 1.86. The Morgan fingerprint density at radius 2 is 2.24 bits per heavy atom. The van der Waals surface area contributed by atoms with Gasteiger partial charge in [-0.25, -0.2) is 0 Å². The van der Waals surface area contributed by atoms with Gasteiger partial charge in [-0.15, -0.1) is 0 Å². The molecule has 0 aliphatic heterocycles. The average molecular weight is 308 g/mol. The van der Waals surface area contributed by atoms with Crippen molar-refractivity contribution in [3.8, 4) is 5.75 Å². The lowest BCUT2D eigenvalue weighted by molar-refractivity contribution is -0.120. The topological polar surface area (TPSA) is 71.2 Å². The van der Waals surface area contributed by atoms with Crippen LogP contribution >= 0.6 is 0 Å². The number of ether oxygens (including phenoxy) is 1. The second-order valence-corrected chi connectivity index (χ2v) is 6.59. The number of nitrogens with one attached hydrogen (secondary N) is 2. The van der Waals surface area contributed by atoms with Gasteiger partial charge in [-0.3, -0.25) is 9.00 Å². The summed E-state index contributed by atoms with van der Waals surface area (Å²) in [4.78, 5) is 15.2. The Morgan fingerprint density at radius 3 is 2.90 bits per heavy atom. The largest absolute Gasteiger partial charge is 0.497 e. The fourth-order valence-corrected chi connectivity index (χ4v) is 3.11. The van der Waals surface area contributed by atoms with E-state index in [4.69, 9.17) is 4.74 Å². The van der Waals surface area contributed by atoms with Gasteiger partial charge in [0, 0.05) is 45.9 Å². The van der Waals surface area contributed by atoms with Crippen LogP contribution in [0.15, 0.2) is 24.4 Å². The second-order valence-electron chi connectivity index (χ2n) is 5.11. The summed E-state index contributed by atoms with van der Waals surface area (Å²) in [5, 5.41) is 3.85. The first-order valence-electron chi connectivity index (χ1n) is 6.73. The smallest absolute Gasteiger partial charge is 0.224 e. The highest BCUT2D eigenvalue weighted by Crippen LogP contribution is 2.23. The molecule has 2 N–H and O–H groups in total. The van der Waals surface area contributed by atoms with Crippen molar-refractivity contribution >= 4 is 27.6 Å². The quantitative estimate of drug-likeness (QED) is 0.851. The van der Waals surface area contributed by atoms with Crippen molar-refractivity contribution in [3.05, 3.63) is 30.0 Å². The third-order valence-electron chi connectivity index (χ3n) is 3.22. The Balaban J connectivity index is 2.08. The molecular weight excluding hydrogens is 288 g/mol. The monoisotopic (exact) mass is 308 g/mol. The number of methoxy groups -OCH3 is 1. The van der Waals surface area contributed by atoms with E-state index < -0.39 is 10.8 Å². The number of carbonyl (C=O) groups is 1. The summed E-state index contributed by atoms with van der Waals surface area (Å²) in [6, 6.07) is 5.63. The molecule has 114 valence electrons. The van der Waals surface area contributed by atoms with Gasteiger partial charge in [-0.05, 0) is 30.7 Å². The highest BCUT2D eigenvalue weighted by atomic mass is 32.2. The molecule has 1 heterocycles. The van der Waals surface area contributed by atoms with Crippen molar-refractivity contribution in [1.82, 2.24) is 10.3 Å². The van der Waals surface area contributed by atoms with E-state index in [0.717, 1.165) is 22.2 Å². The van der Waals surface area contributed by atoms with E-state index in [-0.39, 0.29) is 18.4 Å². The molecule has 0 aliphatic carbocycles. The molecule has 2 atom stereocenters. The molecule has 0 saturated heterocycles. The minimum Gasteiger partial charge on any atom is -0.497 e. The van der Waals surface area contributed by atoms with Crippen molar-refractivity contribution < 1.29 is 13.7 Å². The fourth-order valence-electron chi connectivity index (χ4n) is 2.32. The van der Waals surface area contributed by atoms with Crippen LogP contribution in [-0.4, -0.2) is 40.3 Å². The number of hydrogen-bond donors (Lipinski definition) is 2. The van der Waals surface area contributed by atoms with Crippen LogP contribution in [-0.2, 0) is 22.0 Å². The van der Waals surface area contributed by atoms with Crippen LogP contribution < -0.4 is 10.1 Å². The Hall–Kier alpha value is -1.82. The molecule has 2 unspecified atom stereocenters. The highest BCUT2D eigenvalue weighted by Gasteiger charge is 2.12. The predicted octanol–water partition coefficient (Wildman–Crippen LogP) is 1.60. The Labute approximate surface area is 126 Å². The first-order chi connectivity index (χ1) is 9.99. The lowest BCUT2D eigenvalue weighted by atomic mass is 10.1. The predicted molar refractivity (Wildman–Crippen MR) is 85.1 cm³/mol. The molecule has 0 aliphatic rings. The van der Waals surface area contributed by atoms with Crippen LogP contribution in [0.5, 0.6) is 5.75 Å². The Kier molecular flexibility index (Phi) is 5.01. The second kappa shape index (κ2) is 6.76. The number of carbonyl (C=O) groups excluding carboxylic acids is 1. The Morgan fingerprint density at radius 1 is 1.48 bits per heavy atom. The number of fused-ring (bicyclic) bond motifs is 1. The third-order valence-corrected chi connectivity index (χ3v) is 4.19. The summed E-state index contributed by atoms with van der Waals surface area (Å²) in [7, 11) is 0.703. The maximum atomic E-state index is 12.0. The number of aromatic nitrogens is 1. The number of hydrogen-bond acceptors (Lipinski definition) is 3. The van der Waals surface area contributed by atoms with Crippen molar-refractivity contribution in [2.45, 2.75) is 19.4 Å². The molecule has 5 nitrogen and oxygen atoms in total. The number of rotatable bonds is 6. The molecule has 0 bridgehead atoms. The molecule has 0 spiro atoms. The van der Waals surface area contributed by atoms with Gasteiger partial charge in [0.25, 0.3) is 0 Å². The van der Waals surface area contributed by atoms with Gasteiger partial charge in [0.1, 0.15) is 5.75 Å². The summed E-state index contributed by atoms with van der Waals surface area (Å²) < 4.78 is 16.4. The van der Waals surface area contributed by atoms with Crippen LogP contribution in [0, 0.1) is 0 Å². The van der Waals surface area contributed by atoms with Crippen LogP contribution in [0.1, 0.15) is 12.5 Å². The van der Waals surface area contributed by atoms with Gasteiger partial charge in [0.05, 0.1) is 13.5 Å². The molecule has 1 aromatic carbocycles. The third kappa shape index (κ3) is 4.07. The molecule has 1 aromatic heterocycles. The fraction of sp³-hybridized carbons (Fsp3) is 0.400. The van der Waals surface area contributed by atoms with Crippen LogP contribution in [0.3, 0.4) is 0 Å². The maximum Gasteiger partial charge on any atom is 0.224 e.